The smallest absolute Gasteiger partial charge is 0.273 e. The van der Waals surface area contributed by atoms with Crippen LogP contribution in [0.1, 0.15) is 40.2 Å². The quantitative estimate of drug-likeness (QED) is 0.557. The summed E-state index contributed by atoms with van der Waals surface area (Å²) in [6.07, 6.45) is 3.98. The number of likely N-dealkylation sites (tertiary alicyclic amines) is 1. The van der Waals surface area contributed by atoms with Crippen molar-refractivity contribution in [2.45, 2.75) is 36.8 Å². The van der Waals surface area contributed by atoms with Gasteiger partial charge in [0.1, 0.15) is 14.1 Å². The van der Waals surface area contributed by atoms with Crippen molar-refractivity contribution in [2.75, 3.05) is 23.9 Å². The zero-order valence-electron chi connectivity index (χ0n) is 17.2. The number of rotatable bonds is 4. The Morgan fingerprint density at radius 3 is 2.68 bits per heavy atom. The zero-order chi connectivity index (χ0) is 21.6. The molecule has 0 unspecified atom stereocenters. The predicted molar refractivity (Wildman–Crippen MR) is 125 cm³/mol. The fraction of sp³-hybridized carbons (Fsp3) is 0.364. The number of carbonyl (C=O) groups is 1. The van der Waals surface area contributed by atoms with Gasteiger partial charge >= 0.3 is 0 Å². The molecule has 6 nitrogen and oxygen atoms in total. The molecule has 4 heterocycles. The van der Waals surface area contributed by atoms with Crippen LogP contribution in [0.5, 0.6) is 0 Å². The number of hydrogen-bond donors (Lipinski definition) is 0. The fourth-order valence-electron chi connectivity index (χ4n) is 4.19. The SMILES string of the molecule is Cc1nc(-c2csc(S(=O)(=O)N3CCc4ccccc43)c2)sc1C(=O)N1CCCCC1. The molecule has 1 aromatic carbocycles. The summed E-state index contributed by atoms with van der Waals surface area (Å²) >= 11 is 2.56. The topological polar surface area (TPSA) is 70.6 Å². The second-order valence-electron chi connectivity index (χ2n) is 7.90. The summed E-state index contributed by atoms with van der Waals surface area (Å²) in [4.78, 5) is 20.1. The monoisotopic (exact) mass is 473 g/mol. The molecule has 0 saturated carbocycles. The summed E-state index contributed by atoms with van der Waals surface area (Å²) in [7, 11) is -3.62. The highest BCUT2D eigenvalue weighted by Crippen LogP contribution is 2.38. The van der Waals surface area contributed by atoms with Gasteiger partial charge in [0.15, 0.2) is 0 Å². The van der Waals surface area contributed by atoms with Crippen LogP contribution in [0.3, 0.4) is 0 Å². The minimum absolute atomic E-state index is 0.0395. The zero-order valence-corrected chi connectivity index (χ0v) is 19.7. The number of sulfonamides is 1. The van der Waals surface area contributed by atoms with Gasteiger partial charge in [-0.05, 0) is 50.3 Å². The average Bonchev–Trinajstić information content (AvgIpc) is 3.52. The molecule has 0 N–H and O–H groups in total. The number of hydrogen-bond acceptors (Lipinski definition) is 6. The van der Waals surface area contributed by atoms with Crippen molar-refractivity contribution >= 4 is 44.3 Å². The van der Waals surface area contributed by atoms with Crippen LogP contribution in [-0.4, -0.2) is 43.8 Å². The first-order valence-electron chi connectivity index (χ1n) is 10.4. The minimum atomic E-state index is -3.62. The number of nitrogens with zero attached hydrogens (tertiary/aromatic N) is 3. The van der Waals surface area contributed by atoms with Crippen molar-refractivity contribution in [1.29, 1.82) is 0 Å². The highest BCUT2D eigenvalue weighted by molar-refractivity contribution is 7.94. The molecule has 1 fully saturated rings. The van der Waals surface area contributed by atoms with E-state index in [4.69, 9.17) is 0 Å². The van der Waals surface area contributed by atoms with Gasteiger partial charge in [-0.1, -0.05) is 18.2 Å². The van der Waals surface area contributed by atoms with E-state index in [9.17, 15) is 13.2 Å². The second kappa shape index (κ2) is 8.03. The normalized spacial score (nSPS) is 16.5. The van der Waals surface area contributed by atoms with Gasteiger partial charge < -0.3 is 4.90 Å². The summed E-state index contributed by atoms with van der Waals surface area (Å²) in [6, 6.07) is 9.33. The van der Waals surface area contributed by atoms with Gasteiger partial charge in [-0.15, -0.1) is 22.7 Å². The molecule has 0 bridgehead atoms. The molecule has 31 heavy (non-hydrogen) atoms. The maximum absolute atomic E-state index is 13.3. The Labute approximate surface area is 190 Å². The van der Waals surface area contributed by atoms with Crippen molar-refractivity contribution in [3.05, 3.63) is 51.8 Å². The molecule has 2 aliphatic heterocycles. The van der Waals surface area contributed by atoms with E-state index in [1.807, 2.05) is 41.5 Å². The van der Waals surface area contributed by atoms with E-state index >= 15 is 0 Å². The number of benzene rings is 1. The number of amides is 1. The van der Waals surface area contributed by atoms with E-state index in [2.05, 4.69) is 4.98 Å². The summed E-state index contributed by atoms with van der Waals surface area (Å²) in [5.41, 5.74) is 3.28. The Morgan fingerprint density at radius 1 is 1.10 bits per heavy atom. The minimum Gasteiger partial charge on any atom is -0.338 e. The Morgan fingerprint density at radius 2 is 1.87 bits per heavy atom. The molecule has 5 rings (SSSR count). The van der Waals surface area contributed by atoms with Crippen LogP contribution in [0, 0.1) is 6.92 Å². The number of thiazole rings is 1. The first kappa shape index (κ1) is 20.7. The third-order valence-electron chi connectivity index (χ3n) is 5.85. The number of piperidine rings is 1. The van der Waals surface area contributed by atoms with Gasteiger partial charge in [-0.3, -0.25) is 9.10 Å². The number of thiophene rings is 1. The Hall–Kier alpha value is -2.23. The molecule has 0 aliphatic carbocycles. The van der Waals surface area contributed by atoms with Crippen LogP contribution in [0.4, 0.5) is 5.69 Å². The van der Waals surface area contributed by atoms with Crippen LogP contribution in [0.15, 0.2) is 39.9 Å². The van der Waals surface area contributed by atoms with Crippen molar-refractivity contribution < 1.29 is 13.2 Å². The van der Waals surface area contributed by atoms with Crippen LogP contribution >= 0.6 is 22.7 Å². The van der Waals surface area contributed by atoms with Crippen LogP contribution in [0.2, 0.25) is 0 Å². The lowest BCUT2D eigenvalue weighted by Crippen LogP contribution is -2.35. The molecule has 162 valence electrons. The van der Waals surface area contributed by atoms with Gasteiger partial charge in [-0.2, -0.15) is 0 Å². The molecular formula is C22H23N3O3S3. The lowest BCUT2D eigenvalue weighted by atomic mass is 10.1. The fourth-order valence-corrected chi connectivity index (χ4v) is 8.07. The average molecular weight is 474 g/mol. The molecule has 0 radical (unpaired) electrons. The summed E-state index contributed by atoms with van der Waals surface area (Å²) in [6.45, 7) is 3.90. The highest BCUT2D eigenvalue weighted by Gasteiger charge is 2.32. The van der Waals surface area contributed by atoms with E-state index < -0.39 is 10.0 Å². The summed E-state index contributed by atoms with van der Waals surface area (Å²) in [5.74, 6) is 0.0395. The molecule has 3 aromatic rings. The first-order chi connectivity index (χ1) is 14.9. The van der Waals surface area contributed by atoms with Crippen molar-refractivity contribution in [2.24, 2.45) is 0 Å². The van der Waals surface area contributed by atoms with E-state index in [1.165, 1.54) is 33.4 Å². The van der Waals surface area contributed by atoms with Gasteiger partial charge in [-0.25, -0.2) is 13.4 Å². The Kier molecular flexibility index (Phi) is 5.35. The van der Waals surface area contributed by atoms with Gasteiger partial charge in [0, 0.05) is 30.6 Å². The maximum atomic E-state index is 13.3. The van der Waals surface area contributed by atoms with E-state index in [0.717, 1.165) is 49.2 Å². The van der Waals surface area contributed by atoms with Crippen molar-refractivity contribution in [3.8, 4) is 10.6 Å². The highest BCUT2D eigenvalue weighted by atomic mass is 32.2. The lowest BCUT2D eigenvalue weighted by Gasteiger charge is -2.26. The van der Waals surface area contributed by atoms with Gasteiger partial charge in [0.05, 0.1) is 11.4 Å². The number of para-hydroxylation sites is 1. The second-order valence-corrected chi connectivity index (χ2v) is 11.9. The van der Waals surface area contributed by atoms with Crippen LogP contribution in [0.25, 0.3) is 10.6 Å². The molecule has 1 saturated heterocycles. The van der Waals surface area contributed by atoms with E-state index in [-0.39, 0.29) is 5.91 Å². The largest absolute Gasteiger partial charge is 0.338 e. The molecular weight excluding hydrogens is 450 g/mol. The summed E-state index contributed by atoms with van der Waals surface area (Å²) < 4.78 is 28.4. The van der Waals surface area contributed by atoms with Crippen molar-refractivity contribution in [3.63, 3.8) is 0 Å². The van der Waals surface area contributed by atoms with Crippen molar-refractivity contribution in [1.82, 2.24) is 9.88 Å². The first-order valence-corrected chi connectivity index (χ1v) is 13.5. The van der Waals surface area contributed by atoms with E-state index in [1.54, 1.807) is 6.07 Å². The molecule has 0 atom stereocenters. The molecule has 1 amide bonds. The number of aryl methyl sites for hydroxylation is 1. The lowest BCUT2D eigenvalue weighted by molar-refractivity contribution is 0.0728. The van der Waals surface area contributed by atoms with E-state index in [0.29, 0.717) is 26.3 Å². The number of fused-ring (bicyclic) bond motifs is 1. The molecule has 2 aromatic heterocycles. The van der Waals surface area contributed by atoms with Gasteiger partial charge in [0.25, 0.3) is 15.9 Å². The number of anilines is 1. The third kappa shape index (κ3) is 3.68. The molecule has 2 aliphatic rings. The maximum Gasteiger partial charge on any atom is 0.273 e. The number of aromatic nitrogens is 1. The Bertz CT molecular complexity index is 1240. The summed E-state index contributed by atoms with van der Waals surface area (Å²) in [5, 5.41) is 2.51. The van der Waals surface area contributed by atoms with Crippen LogP contribution in [-0.2, 0) is 16.4 Å². The molecule has 0 spiro atoms. The molecule has 9 heteroatoms. The Balaban J connectivity index is 1.42. The van der Waals surface area contributed by atoms with Crippen LogP contribution < -0.4 is 4.31 Å². The third-order valence-corrected chi connectivity index (χ3v) is 10.3. The van der Waals surface area contributed by atoms with Gasteiger partial charge in [0.2, 0.25) is 0 Å². The number of carbonyl (C=O) groups excluding carboxylic acids is 1. The predicted octanol–water partition coefficient (Wildman–Crippen LogP) is 4.56. The standard InChI is InChI=1S/C22H23N3O3S3/c1-15-20(22(26)24-10-5-2-6-11-24)30-21(23-15)17-13-19(29-14-17)31(27,28)25-12-9-16-7-3-4-8-18(16)25/h3-4,7-8,13-14H,2,5-6,9-12H2,1H3.